The summed E-state index contributed by atoms with van der Waals surface area (Å²) in [6.45, 7) is 3.03. The number of nitrogens with one attached hydrogen (secondary N) is 2. The first-order valence-electron chi connectivity index (χ1n) is 10.2. The lowest BCUT2D eigenvalue weighted by atomic mass is 9.92. The minimum absolute atomic E-state index is 0.0939. The highest BCUT2D eigenvalue weighted by atomic mass is 19.1. The molecule has 1 aromatic heterocycles. The quantitative estimate of drug-likeness (QED) is 0.326. The van der Waals surface area contributed by atoms with Gasteiger partial charge in [0.05, 0.1) is 12.5 Å². The molecule has 0 radical (unpaired) electrons. The van der Waals surface area contributed by atoms with Gasteiger partial charge in [0, 0.05) is 13.1 Å². The van der Waals surface area contributed by atoms with Crippen LogP contribution in [-0.2, 0) is 9.59 Å². The van der Waals surface area contributed by atoms with Gasteiger partial charge in [0.15, 0.2) is 11.6 Å². The van der Waals surface area contributed by atoms with Gasteiger partial charge in [-0.2, -0.15) is 4.39 Å². The van der Waals surface area contributed by atoms with Gasteiger partial charge in [0.25, 0.3) is 0 Å². The predicted octanol–water partition coefficient (Wildman–Crippen LogP) is 2.01. The van der Waals surface area contributed by atoms with E-state index in [4.69, 9.17) is 0 Å². The van der Waals surface area contributed by atoms with Crippen molar-refractivity contribution in [1.29, 1.82) is 0 Å². The highest BCUT2D eigenvalue weighted by Crippen LogP contribution is 2.31. The van der Waals surface area contributed by atoms with Crippen LogP contribution in [-0.4, -0.2) is 52.2 Å². The van der Waals surface area contributed by atoms with Crippen LogP contribution in [0.5, 0.6) is 0 Å². The molecule has 1 unspecified atom stereocenters. The second-order valence-electron chi connectivity index (χ2n) is 7.88. The fourth-order valence-electron chi connectivity index (χ4n) is 4.17. The summed E-state index contributed by atoms with van der Waals surface area (Å²) in [6.07, 6.45) is 7.11. The topological polar surface area (TPSA) is 111 Å². The summed E-state index contributed by atoms with van der Waals surface area (Å²) < 4.78 is 14.9. The molecule has 3 rings (SSSR count). The maximum absolute atomic E-state index is 14.9. The van der Waals surface area contributed by atoms with E-state index >= 15 is 0 Å². The smallest absolute Gasteiger partial charge is 0.243 e. The standard InChI is InChI=1S/C19H29FN6O3/c1-13-21-17(16(20)18(22-13)25-8-4-5-9-25)23-24-19(28)15(11-26(29)12-27)10-14-6-2-3-7-14/h12,14-15,29H,2-11H2,1H3,(H,24,28)(H,21,22,23). The molecule has 1 aliphatic heterocycles. The summed E-state index contributed by atoms with van der Waals surface area (Å²) in [5.74, 6) is -0.719. The number of nitrogens with zero attached hydrogens (tertiary/aromatic N) is 4. The van der Waals surface area contributed by atoms with Gasteiger partial charge in [-0.25, -0.2) is 15.0 Å². The first-order chi connectivity index (χ1) is 14.0. The largest absolute Gasteiger partial charge is 0.354 e. The Morgan fingerprint density at radius 1 is 1.31 bits per heavy atom. The Morgan fingerprint density at radius 3 is 2.66 bits per heavy atom. The van der Waals surface area contributed by atoms with Crippen molar-refractivity contribution >= 4 is 24.0 Å². The van der Waals surface area contributed by atoms with Gasteiger partial charge in [-0.3, -0.25) is 25.6 Å². The summed E-state index contributed by atoms with van der Waals surface area (Å²) in [5.41, 5.74) is 5.07. The molecule has 1 aromatic rings. The molecule has 0 spiro atoms. The summed E-state index contributed by atoms with van der Waals surface area (Å²) in [6, 6.07) is 0. The summed E-state index contributed by atoms with van der Waals surface area (Å²) in [7, 11) is 0. The minimum atomic E-state index is -0.609. The van der Waals surface area contributed by atoms with Crippen molar-refractivity contribution in [2.45, 2.75) is 51.9 Å². The lowest BCUT2D eigenvalue weighted by Gasteiger charge is -2.23. The van der Waals surface area contributed by atoms with Crippen LogP contribution >= 0.6 is 0 Å². The van der Waals surface area contributed by atoms with E-state index < -0.39 is 17.6 Å². The van der Waals surface area contributed by atoms with Crippen LogP contribution in [0.4, 0.5) is 16.0 Å². The SMILES string of the molecule is Cc1nc(NNC(=O)C(CC2CCCC2)CN(O)C=O)c(F)c(N2CCCC2)n1. The van der Waals surface area contributed by atoms with Crippen molar-refractivity contribution in [3.8, 4) is 0 Å². The van der Waals surface area contributed by atoms with Crippen LogP contribution in [0, 0.1) is 24.6 Å². The van der Waals surface area contributed by atoms with Crippen molar-refractivity contribution in [3.05, 3.63) is 11.6 Å². The molecular weight excluding hydrogens is 379 g/mol. The molecule has 29 heavy (non-hydrogen) atoms. The molecule has 1 aliphatic carbocycles. The van der Waals surface area contributed by atoms with E-state index in [2.05, 4.69) is 20.8 Å². The summed E-state index contributed by atoms with van der Waals surface area (Å²) in [5, 5.41) is 10.0. The maximum Gasteiger partial charge on any atom is 0.243 e. The fourth-order valence-corrected chi connectivity index (χ4v) is 4.17. The molecule has 9 nitrogen and oxygen atoms in total. The van der Waals surface area contributed by atoms with Crippen LogP contribution < -0.4 is 15.8 Å². The monoisotopic (exact) mass is 408 g/mol. The molecule has 1 saturated heterocycles. The second-order valence-corrected chi connectivity index (χ2v) is 7.88. The fraction of sp³-hybridized carbons (Fsp3) is 0.684. The van der Waals surface area contributed by atoms with Crippen LogP contribution in [0.3, 0.4) is 0 Å². The third-order valence-electron chi connectivity index (χ3n) is 5.65. The van der Waals surface area contributed by atoms with E-state index in [0.29, 0.717) is 23.2 Å². The van der Waals surface area contributed by atoms with Crippen molar-refractivity contribution in [2.75, 3.05) is 30.0 Å². The average Bonchev–Trinajstić information content (AvgIpc) is 3.41. The van der Waals surface area contributed by atoms with Gasteiger partial charge in [-0.05, 0) is 32.1 Å². The molecule has 2 amide bonds. The second kappa shape index (κ2) is 9.82. The van der Waals surface area contributed by atoms with Gasteiger partial charge < -0.3 is 4.90 Å². The first kappa shape index (κ1) is 21.2. The number of aryl methyl sites for hydroxylation is 1. The first-order valence-corrected chi connectivity index (χ1v) is 10.2. The Balaban J connectivity index is 1.67. The summed E-state index contributed by atoms with van der Waals surface area (Å²) >= 11 is 0. The van der Waals surface area contributed by atoms with E-state index in [0.717, 1.165) is 51.6 Å². The number of hydroxylamine groups is 2. The third kappa shape index (κ3) is 5.53. The zero-order chi connectivity index (χ0) is 20.8. The predicted molar refractivity (Wildman–Crippen MR) is 105 cm³/mol. The van der Waals surface area contributed by atoms with E-state index in [-0.39, 0.29) is 24.6 Å². The van der Waals surface area contributed by atoms with Crippen LogP contribution in [0.15, 0.2) is 0 Å². The molecule has 2 fully saturated rings. The molecule has 10 heteroatoms. The van der Waals surface area contributed by atoms with Gasteiger partial charge in [-0.1, -0.05) is 25.7 Å². The lowest BCUT2D eigenvalue weighted by Crippen LogP contribution is -2.41. The minimum Gasteiger partial charge on any atom is -0.354 e. The summed E-state index contributed by atoms with van der Waals surface area (Å²) in [4.78, 5) is 33.6. The van der Waals surface area contributed by atoms with Gasteiger partial charge >= 0.3 is 0 Å². The number of hydrazine groups is 1. The Kier molecular flexibility index (Phi) is 7.18. The molecule has 0 aromatic carbocycles. The molecule has 3 N–H and O–H groups in total. The number of carbonyl (C=O) groups excluding carboxylic acids is 2. The number of hydrogen-bond donors (Lipinski definition) is 3. The maximum atomic E-state index is 14.9. The molecule has 1 atom stereocenters. The van der Waals surface area contributed by atoms with E-state index in [1.165, 1.54) is 0 Å². The van der Waals surface area contributed by atoms with Gasteiger partial charge in [-0.15, -0.1) is 0 Å². The molecule has 2 heterocycles. The highest BCUT2D eigenvalue weighted by molar-refractivity contribution is 5.80. The van der Waals surface area contributed by atoms with Gasteiger partial charge in [0.2, 0.25) is 18.1 Å². The molecular formula is C19H29FN6O3. The number of anilines is 2. The van der Waals surface area contributed by atoms with E-state index in [1.807, 2.05) is 4.90 Å². The van der Waals surface area contributed by atoms with Crippen molar-refractivity contribution in [3.63, 3.8) is 0 Å². The van der Waals surface area contributed by atoms with Crippen molar-refractivity contribution < 1.29 is 19.2 Å². The third-order valence-corrected chi connectivity index (χ3v) is 5.65. The zero-order valence-corrected chi connectivity index (χ0v) is 16.7. The molecule has 160 valence electrons. The van der Waals surface area contributed by atoms with Crippen LogP contribution in [0.25, 0.3) is 0 Å². The number of carbonyl (C=O) groups is 2. The van der Waals surface area contributed by atoms with Crippen molar-refractivity contribution in [1.82, 2.24) is 20.5 Å². The van der Waals surface area contributed by atoms with Crippen LogP contribution in [0.2, 0.25) is 0 Å². The van der Waals surface area contributed by atoms with E-state index in [1.54, 1.807) is 6.92 Å². The van der Waals surface area contributed by atoms with E-state index in [9.17, 15) is 19.2 Å². The van der Waals surface area contributed by atoms with Crippen molar-refractivity contribution in [2.24, 2.45) is 11.8 Å². The number of halogens is 1. The Hall–Kier alpha value is -2.49. The Labute approximate surface area is 169 Å². The molecule has 0 bridgehead atoms. The number of rotatable bonds is 9. The van der Waals surface area contributed by atoms with Gasteiger partial charge in [0.1, 0.15) is 5.82 Å². The Morgan fingerprint density at radius 2 is 2.00 bits per heavy atom. The highest BCUT2D eigenvalue weighted by Gasteiger charge is 2.28. The lowest BCUT2D eigenvalue weighted by molar-refractivity contribution is -0.154. The number of amides is 2. The van der Waals surface area contributed by atoms with Crippen LogP contribution in [0.1, 0.15) is 50.8 Å². The Bertz CT molecular complexity index is 722. The normalized spacial score (nSPS) is 18.0. The zero-order valence-electron chi connectivity index (χ0n) is 16.7. The number of hydrogen-bond acceptors (Lipinski definition) is 7. The molecule has 2 aliphatic rings. The molecule has 1 saturated carbocycles. The average molecular weight is 408 g/mol. The number of aromatic nitrogens is 2.